The molecule has 0 saturated heterocycles. The Morgan fingerprint density at radius 2 is 1.83 bits per heavy atom. The number of nitrogens with zero attached hydrogens (tertiary/aromatic N) is 1. The highest BCUT2D eigenvalue weighted by Crippen LogP contribution is 2.27. The Labute approximate surface area is 172 Å². The first kappa shape index (κ1) is 20.1. The third kappa shape index (κ3) is 5.44. The number of halogens is 2. The van der Waals surface area contributed by atoms with Crippen LogP contribution in [-0.4, -0.2) is 5.91 Å². The van der Waals surface area contributed by atoms with Gasteiger partial charge in [0, 0.05) is 0 Å². The zero-order valence-corrected chi connectivity index (χ0v) is 16.0. The molecule has 0 aliphatic heterocycles. The molecule has 1 amide bonds. The minimum atomic E-state index is -0.710. The van der Waals surface area contributed by atoms with Gasteiger partial charge in [-0.05, 0) is 41.5 Å². The number of ether oxygens (including phenoxy) is 1. The lowest BCUT2D eigenvalue weighted by molar-refractivity contribution is -0.112. The fourth-order valence-corrected chi connectivity index (χ4v) is 2.77. The van der Waals surface area contributed by atoms with E-state index in [1.54, 1.807) is 24.3 Å². The van der Waals surface area contributed by atoms with Crippen molar-refractivity contribution in [2.24, 2.45) is 0 Å². The molecule has 0 spiro atoms. The molecule has 4 nitrogen and oxygen atoms in total. The minimum Gasteiger partial charge on any atom is -0.487 e. The Balaban J connectivity index is 1.72. The molecule has 0 bridgehead atoms. The number of carbonyl (C=O) groups is 1. The van der Waals surface area contributed by atoms with Crippen molar-refractivity contribution in [2.75, 3.05) is 5.32 Å². The molecule has 0 heterocycles. The maximum atomic E-state index is 13.7. The normalized spacial score (nSPS) is 10.9. The number of hydrogen-bond donors (Lipinski definition) is 1. The van der Waals surface area contributed by atoms with Crippen molar-refractivity contribution in [1.29, 1.82) is 5.26 Å². The van der Waals surface area contributed by atoms with Crippen LogP contribution in [0, 0.1) is 17.1 Å². The molecule has 0 saturated carbocycles. The van der Waals surface area contributed by atoms with Crippen molar-refractivity contribution < 1.29 is 13.9 Å². The summed E-state index contributed by atoms with van der Waals surface area (Å²) in [6.45, 7) is 0.365. The first-order valence-corrected chi connectivity index (χ1v) is 9.08. The fourth-order valence-electron chi connectivity index (χ4n) is 2.53. The zero-order chi connectivity index (χ0) is 20.6. The van der Waals surface area contributed by atoms with Gasteiger partial charge in [0.15, 0.2) is 0 Å². The van der Waals surface area contributed by atoms with Crippen LogP contribution in [0.3, 0.4) is 0 Å². The lowest BCUT2D eigenvalue weighted by Gasteiger charge is -2.09. The lowest BCUT2D eigenvalue weighted by atomic mass is 10.1. The molecule has 0 aliphatic rings. The maximum Gasteiger partial charge on any atom is 0.266 e. The van der Waals surface area contributed by atoms with Crippen LogP contribution in [0.15, 0.2) is 78.4 Å². The lowest BCUT2D eigenvalue weighted by Crippen LogP contribution is -2.14. The molecule has 0 aliphatic carbocycles. The largest absolute Gasteiger partial charge is 0.487 e. The van der Waals surface area contributed by atoms with Gasteiger partial charge in [0.2, 0.25) is 0 Å². The van der Waals surface area contributed by atoms with E-state index in [4.69, 9.17) is 16.3 Å². The monoisotopic (exact) mass is 406 g/mol. The highest BCUT2D eigenvalue weighted by molar-refractivity contribution is 6.32. The predicted molar refractivity (Wildman–Crippen MR) is 111 cm³/mol. The Bertz CT molecular complexity index is 1090. The van der Waals surface area contributed by atoms with Crippen molar-refractivity contribution in [3.8, 4) is 11.8 Å². The Morgan fingerprint density at radius 3 is 2.52 bits per heavy atom. The van der Waals surface area contributed by atoms with Gasteiger partial charge in [0.25, 0.3) is 5.91 Å². The zero-order valence-electron chi connectivity index (χ0n) is 15.2. The molecular formula is C23H16ClFN2O2. The van der Waals surface area contributed by atoms with Gasteiger partial charge < -0.3 is 10.1 Å². The van der Waals surface area contributed by atoms with E-state index in [2.05, 4.69) is 5.32 Å². The maximum absolute atomic E-state index is 13.7. The van der Waals surface area contributed by atoms with Gasteiger partial charge in [0.05, 0.1) is 10.7 Å². The second-order valence-electron chi connectivity index (χ2n) is 6.07. The van der Waals surface area contributed by atoms with Gasteiger partial charge in [0.1, 0.15) is 29.8 Å². The Kier molecular flexibility index (Phi) is 6.62. The molecule has 0 unspecified atom stereocenters. The smallest absolute Gasteiger partial charge is 0.266 e. The number of nitrogens with one attached hydrogen (secondary N) is 1. The van der Waals surface area contributed by atoms with Gasteiger partial charge in [-0.1, -0.05) is 60.1 Å². The van der Waals surface area contributed by atoms with E-state index in [1.165, 1.54) is 24.3 Å². The number of benzene rings is 3. The van der Waals surface area contributed by atoms with Crippen LogP contribution < -0.4 is 10.1 Å². The number of rotatable bonds is 6. The fraction of sp³-hybridized carbons (Fsp3) is 0.0435. The Morgan fingerprint density at radius 1 is 1.10 bits per heavy atom. The van der Waals surface area contributed by atoms with Crippen LogP contribution in [0.25, 0.3) is 6.08 Å². The van der Waals surface area contributed by atoms with Crippen molar-refractivity contribution in [2.45, 2.75) is 6.61 Å². The van der Waals surface area contributed by atoms with Crippen molar-refractivity contribution in [3.63, 3.8) is 0 Å². The number of amides is 1. The summed E-state index contributed by atoms with van der Waals surface area (Å²) in [7, 11) is 0. The summed E-state index contributed by atoms with van der Waals surface area (Å²) in [6, 6.07) is 22.1. The summed E-state index contributed by atoms with van der Waals surface area (Å²) in [4.78, 5) is 12.3. The van der Waals surface area contributed by atoms with Gasteiger partial charge in [-0.15, -0.1) is 0 Å². The van der Waals surface area contributed by atoms with Gasteiger partial charge >= 0.3 is 0 Å². The van der Waals surface area contributed by atoms with Crippen LogP contribution in [0.2, 0.25) is 5.02 Å². The van der Waals surface area contributed by atoms with E-state index >= 15 is 0 Å². The molecule has 29 heavy (non-hydrogen) atoms. The minimum absolute atomic E-state index is 0.00124. The van der Waals surface area contributed by atoms with Crippen LogP contribution in [0.4, 0.5) is 10.1 Å². The van der Waals surface area contributed by atoms with E-state index < -0.39 is 11.7 Å². The third-order valence-corrected chi connectivity index (χ3v) is 4.29. The van der Waals surface area contributed by atoms with Gasteiger partial charge in [-0.2, -0.15) is 5.26 Å². The van der Waals surface area contributed by atoms with Gasteiger partial charge in [-0.25, -0.2) is 4.39 Å². The van der Waals surface area contributed by atoms with Crippen LogP contribution in [-0.2, 0) is 11.4 Å². The molecular weight excluding hydrogens is 391 g/mol. The highest BCUT2D eigenvalue weighted by Gasteiger charge is 2.12. The van der Waals surface area contributed by atoms with Crippen molar-refractivity contribution >= 4 is 29.3 Å². The molecule has 144 valence electrons. The second-order valence-corrected chi connectivity index (χ2v) is 6.48. The molecule has 3 aromatic rings. The molecule has 0 aromatic heterocycles. The number of carbonyl (C=O) groups excluding carboxylic acids is 1. The number of anilines is 1. The van der Waals surface area contributed by atoms with Crippen molar-refractivity contribution in [3.05, 3.63) is 100 Å². The number of para-hydroxylation sites is 1. The molecule has 3 rings (SSSR count). The summed E-state index contributed by atoms with van der Waals surface area (Å²) in [5.74, 6) is -0.804. The van der Waals surface area contributed by atoms with Gasteiger partial charge in [-0.3, -0.25) is 4.79 Å². The number of hydrogen-bond acceptors (Lipinski definition) is 3. The molecule has 0 fully saturated rings. The van der Waals surface area contributed by atoms with E-state index in [0.29, 0.717) is 22.9 Å². The van der Waals surface area contributed by atoms with E-state index in [-0.39, 0.29) is 11.3 Å². The second kappa shape index (κ2) is 9.54. The standard InChI is InChI=1S/C23H16ClFN2O2/c24-19-13-17(10-11-22(19)29-15-16-6-2-1-3-7-16)12-18(14-26)23(28)27-21-9-5-4-8-20(21)25/h1-13H,15H2,(H,27,28)/b18-12+. The molecule has 6 heteroatoms. The van der Waals surface area contributed by atoms with E-state index in [9.17, 15) is 14.4 Å². The quantitative estimate of drug-likeness (QED) is 0.428. The molecule has 3 aromatic carbocycles. The summed E-state index contributed by atoms with van der Waals surface area (Å²) in [6.07, 6.45) is 1.38. The number of nitriles is 1. The molecule has 0 radical (unpaired) electrons. The predicted octanol–water partition coefficient (Wildman–Crippen LogP) is 5.60. The first-order valence-electron chi connectivity index (χ1n) is 8.71. The van der Waals surface area contributed by atoms with Crippen LogP contribution >= 0.6 is 11.6 Å². The summed E-state index contributed by atoms with van der Waals surface area (Å²) in [5, 5.41) is 12.0. The average Bonchev–Trinajstić information content (AvgIpc) is 2.73. The van der Waals surface area contributed by atoms with Crippen LogP contribution in [0.1, 0.15) is 11.1 Å². The third-order valence-electron chi connectivity index (χ3n) is 3.99. The van der Waals surface area contributed by atoms with E-state index in [1.807, 2.05) is 36.4 Å². The average molecular weight is 407 g/mol. The first-order chi connectivity index (χ1) is 14.1. The highest BCUT2D eigenvalue weighted by atomic mass is 35.5. The molecule has 1 N–H and O–H groups in total. The molecule has 0 atom stereocenters. The Hall–Kier alpha value is -3.62. The van der Waals surface area contributed by atoms with Crippen molar-refractivity contribution in [1.82, 2.24) is 0 Å². The SMILES string of the molecule is N#C/C(=C\c1ccc(OCc2ccccc2)c(Cl)c1)C(=O)Nc1ccccc1F. The summed E-state index contributed by atoms with van der Waals surface area (Å²) in [5.41, 5.74) is 1.37. The van der Waals surface area contributed by atoms with E-state index in [0.717, 1.165) is 5.56 Å². The van der Waals surface area contributed by atoms with Crippen LogP contribution in [0.5, 0.6) is 5.75 Å². The summed E-state index contributed by atoms with van der Waals surface area (Å²) >= 11 is 6.27. The topological polar surface area (TPSA) is 62.1 Å². The summed E-state index contributed by atoms with van der Waals surface area (Å²) < 4.78 is 19.4.